The van der Waals surface area contributed by atoms with Crippen LogP contribution in [-0.2, 0) is 10.0 Å². The van der Waals surface area contributed by atoms with Crippen LogP contribution in [0.25, 0.3) is 0 Å². The molecule has 0 radical (unpaired) electrons. The summed E-state index contributed by atoms with van der Waals surface area (Å²) in [6.07, 6.45) is 7.01. The Labute approximate surface area is 154 Å². The molecular formula is C21H33NO2S. The van der Waals surface area contributed by atoms with E-state index in [1.807, 2.05) is 6.08 Å². The molecular weight excluding hydrogens is 330 g/mol. The molecule has 140 valence electrons. The molecule has 0 saturated heterocycles. The van der Waals surface area contributed by atoms with Gasteiger partial charge in [-0.1, -0.05) is 65.8 Å². The summed E-state index contributed by atoms with van der Waals surface area (Å²) in [6.45, 7) is 12.6. The molecule has 4 heteroatoms. The molecule has 0 amide bonds. The van der Waals surface area contributed by atoms with Gasteiger partial charge in [0.1, 0.15) is 0 Å². The van der Waals surface area contributed by atoms with Crippen molar-refractivity contribution in [3.05, 3.63) is 41.0 Å². The van der Waals surface area contributed by atoms with Gasteiger partial charge in [-0.25, -0.2) is 13.1 Å². The molecule has 1 N–H and O–H groups in total. The van der Waals surface area contributed by atoms with Gasteiger partial charge < -0.3 is 0 Å². The van der Waals surface area contributed by atoms with E-state index >= 15 is 0 Å². The molecule has 0 fully saturated rings. The molecule has 25 heavy (non-hydrogen) atoms. The number of benzene rings is 1. The Morgan fingerprint density at radius 3 is 1.92 bits per heavy atom. The third-order valence-electron chi connectivity index (χ3n) is 4.91. The number of nitrogens with one attached hydrogen (secondary N) is 1. The number of hydrogen-bond acceptors (Lipinski definition) is 2. The second-order valence-corrected chi connectivity index (χ2v) is 9.73. The Bertz CT molecular complexity index is 701. The van der Waals surface area contributed by atoms with Gasteiger partial charge in [0.2, 0.25) is 10.0 Å². The third-order valence-corrected chi connectivity index (χ3v) is 6.53. The summed E-state index contributed by atoms with van der Waals surface area (Å²) in [7, 11) is -3.55. The molecule has 1 aromatic rings. The van der Waals surface area contributed by atoms with Crippen LogP contribution in [0.4, 0.5) is 0 Å². The Kier molecular flexibility index (Phi) is 6.50. The van der Waals surface area contributed by atoms with Gasteiger partial charge in [-0.05, 0) is 53.7 Å². The van der Waals surface area contributed by atoms with E-state index in [1.165, 1.54) is 5.56 Å². The van der Waals surface area contributed by atoms with E-state index in [-0.39, 0.29) is 17.9 Å². The first kappa shape index (κ1) is 20.2. The van der Waals surface area contributed by atoms with Crippen molar-refractivity contribution < 1.29 is 8.42 Å². The molecule has 1 atom stereocenters. The minimum Gasteiger partial charge on any atom is -0.207 e. The van der Waals surface area contributed by atoms with Crippen LogP contribution >= 0.6 is 0 Å². The highest BCUT2D eigenvalue weighted by Crippen LogP contribution is 2.35. The van der Waals surface area contributed by atoms with E-state index in [1.54, 1.807) is 0 Å². The van der Waals surface area contributed by atoms with Crippen LogP contribution in [0, 0.1) is 0 Å². The van der Waals surface area contributed by atoms with Gasteiger partial charge >= 0.3 is 0 Å². The van der Waals surface area contributed by atoms with Gasteiger partial charge in [-0.2, -0.15) is 0 Å². The van der Waals surface area contributed by atoms with Crippen LogP contribution in [0.15, 0.2) is 29.2 Å². The van der Waals surface area contributed by atoms with Crippen LogP contribution in [0.3, 0.4) is 0 Å². The van der Waals surface area contributed by atoms with Gasteiger partial charge in [0.15, 0.2) is 0 Å². The fourth-order valence-electron chi connectivity index (χ4n) is 3.37. The number of allylic oxidation sites excluding steroid dienone is 1. The Balaban J connectivity index is 2.60. The SMILES string of the molecule is CC(C)c1cc(C(C)C)c(S(=O)(=O)NC2C=CCCC2)c(C(C)C)c1. The summed E-state index contributed by atoms with van der Waals surface area (Å²) < 4.78 is 29.5. The maximum Gasteiger partial charge on any atom is 0.241 e. The first-order valence-corrected chi connectivity index (χ1v) is 11.0. The predicted octanol–water partition coefficient (Wildman–Crippen LogP) is 5.44. The zero-order valence-electron chi connectivity index (χ0n) is 16.5. The quantitative estimate of drug-likeness (QED) is 0.684. The van der Waals surface area contributed by atoms with Crippen molar-refractivity contribution in [1.29, 1.82) is 0 Å². The number of hydrogen-bond donors (Lipinski definition) is 1. The normalized spacial score (nSPS) is 18.5. The van der Waals surface area contributed by atoms with E-state index < -0.39 is 10.0 Å². The summed E-state index contributed by atoms with van der Waals surface area (Å²) in [5.74, 6) is 0.690. The second kappa shape index (κ2) is 8.05. The van der Waals surface area contributed by atoms with E-state index in [4.69, 9.17) is 0 Å². The number of sulfonamides is 1. The molecule has 0 aliphatic heterocycles. The van der Waals surface area contributed by atoms with Gasteiger partial charge in [-0.3, -0.25) is 0 Å². The molecule has 0 saturated carbocycles. The van der Waals surface area contributed by atoms with Crippen LogP contribution in [0.2, 0.25) is 0 Å². The monoisotopic (exact) mass is 363 g/mol. The topological polar surface area (TPSA) is 46.2 Å². The first-order chi connectivity index (χ1) is 11.6. The van der Waals surface area contributed by atoms with Crippen molar-refractivity contribution in [1.82, 2.24) is 4.72 Å². The average molecular weight is 364 g/mol. The van der Waals surface area contributed by atoms with Gasteiger partial charge in [0.05, 0.1) is 4.90 Å². The highest BCUT2D eigenvalue weighted by molar-refractivity contribution is 7.89. The van der Waals surface area contributed by atoms with Crippen molar-refractivity contribution >= 4 is 10.0 Å². The van der Waals surface area contributed by atoms with Crippen LogP contribution in [0.1, 0.15) is 95.2 Å². The van der Waals surface area contributed by atoms with Gasteiger partial charge in [0, 0.05) is 6.04 Å². The summed E-state index contributed by atoms with van der Waals surface area (Å²) in [6, 6.07) is 4.09. The highest BCUT2D eigenvalue weighted by atomic mass is 32.2. The van der Waals surface area contributed by atoms with Gasteiger partial charge in [-0.15, -0.1) is 0 Å². The first-order valence-electron chi connectivity index (χ1n) is 9.50. The molecule has 3 nitrogen and oxygen atoms in total. The maximum absolute atomic E-state index is 13.3. The molecule has 0 bridgehead atoms. The molecule has 0 spiro atoms. The highest BCUT2D eigenvalue weighted by Gasteiger charge is 2.28. The predicted molar refractivity (Wildman–Crippen MR) is 106 cm³/mol. The maximum atomic E-state index is 13.3. The van der Waals surface area contributed by atoms with Crippen molar-refractivity contribution in [2.24, 2.45) is 0 Å². The Hall–Kier alpha value is -1.13. The van der Waals surface area contributed by atoms with Crippen LogP contribution < -0.4 is 4.72 Å². The summed E-state index contributed by atoms with van der Waals surface area (Å²) in [5.41, 5.74) is 3.08. The van der Waals surface area contributed by atoms with Crippen molar-refractivity contribution in [3.8, 4) is 0 Å². The summed E-state index contributed by atoms with van der Waals surface area (Å²) >= 11 is 0. The fourth-order valence-corrected chi connectivity index (χ4v) is 5.29. The minimum atomic E-state index is -3.55. The fraction of sp³-hybridized carbons (Fsp3) is 0.619. The minimum absolute atomic E-state index is 0.0939. The Morgan fingerprint density at radius 2 is 1.52 bits per heavy atom. The van der Waals surface area contributed by atoms with Crippen LogP contribution in [0.5, 0.6) is 0 Å². The van der Waals surface area contributed by atoms with Gasteiger partial charge in [0.25, 0.3) is 0 Å². The zero-order chi connectivity index (χ0) is 18.8. The summed E-state index contributed by atoms with van der Waals surface area (Å²) in [4.78, 5) is 0.501. The lowest BCUT2D eigenvalue weighted by molar-refractivity contribution is 0.545. The molecule has 2 rings (SSSR count). The van der Waals surface area contributed by atoms with Crippen LogP contribution in [-0.4, -0.2) is 14.5 Å². The largest absolute Gasteiger partial charge is 0.241 e. The average Bonchev–Trinajstić information content (AvgIpc) is 2.53. The van der Waals surface area contributed by atoms with E-state index in [2.05, 4.69) is 64.5 Å². The smallest absolute Gasteiger partial charge is 0.207 e. The van der Waals surface area contributed by atoms with Crippen molar-refractivity contribution in [2.45, 2.75) is 89.5 Å². The van der Waals surface area contributed by atoms with Crippen molar-refractivity contribution in [2.75, 3.05) is 0 Å². The zero-order valence-corrected chi connectivity index (χ0v) is 17.3. The Morgan fingerprint density at radius 1 is 0.960 bits per heavy atom. The second-order valence-electron chi connectivity index (χ2n) is 8.08. The molecule has 1 unspecified atom stereocenters. The number of rotatable bonds is 6. The summed E-state index contributed by atoms with van der Waals surface area (Å²) in [5, 5.41) is 0. The lowest BCUT2D eigenvalue weighted by atomic mass is 9.89. The van der Waals surface area contributed by atoms with E-state index in [0.717, 1.165) is 30.4 Å². The molecule has 1 aliphatic carbocycles. The molecule has 1 aromatic carbocycles. The lowest BCUT2D eigenvalue weighted by Crippen LogP contribution is -2.35. The van der Waals surface area contributed by atoms with Crippen molar-refractivity contribution in [3.63, 3.8) is 0 Å². The lowest BCUT2D eigenvalue weighted by Gasteiger charge is -2.25. The van der Waals surface area contributed by atoms with E-state index in [0.29, 0.717) is 10.8 Å². The molecule has 0 aromatic heterocycles. The molecule has 0 heterocycles. The molecule has 1 aliphatic rings. The standard InChI is InChI=1S/C21H33NO2S/c1-14(2)17-12-19(15(3)4)21(20(13-17)16(5)6)25(23,24)22-18-10-8-7-9-11-18/h8,10,12-16,18,22H,7,9,11H2,1-6H3. The third kappa shape index (κ3) is 4.73. The van der Waals surface area contributed by atoms with E-state index in [9.17, 15) is 8.42 Å².